The molecule has 2 aliphatic carbocycles. The highest BCUT2D eigenvalue weighted by Crippen LogP contribution is 2.38. The maximum atomic E-state index is 11.8. The zero-order valence-corrected chi connectivity index (χ0v) is 37.6. The summed E-state index contributed by atoms with van der Waals surface area (Å²) in [6, 6.07) is 2.60. The van der Waals surface area contributed by atoms with E-state index in [1.807, 2.05) is 24.6 Å². The first-order valence-corrected chi connectivity index (χ1v) is 21.9. The zero-order valence-electron chi connectivity index (χ0n) is 35.2. The van der Waals surface area contributed by atoms with E-state index in [-0.39, 0.29) is 17.9 Å². The SMILES string of the molecule is CCN(c1scc(C(=O)OC)c1C)C1CCC(N(C)C)CC1.CCN(c1scc(C(=O)OC)c1C)C1CCC(N(C)C)CC1.COC(=O)c1csc(N)c1C. The van der Waals surface area contributed by atoms with Crippen molar-refractivity contribution >= 4 is 66.9 Å². The van der Waals surface area contributed by atoms with E-state index in [4.69, 9.17) is 15.2 Å². The Labute approximate surface area is 341 Å². The van der Waals surface area contributed by atoms with Crippen molar-refractivity contribution in [2.45, 2.75) is 110 Å². The van der Waals surface area contributed by atoms with E-state index >= 15 is 0 Å². The molecule has 2 aliphatic rings. The van der Waals surface area contributed by atoms with Crippen molar-refractivity contribution in [3.63, 3.8) is 0 Å². The molecule has 0 aliphatic heterocycles. The van der Waals surface area contributed by atoms with Crippen LogP contribution in [0.15, 0.2) is 16.1 Å². The number of anilines is 3. The second kappa shape index (κ2) is 21.9. The molecule has 0 atom stereocenters. The highest BCUT2D eigenvalue weighted by atomic mass is 32.1. The lowest BCUT2D eigenvalue weighted by atomic mass is 9.89. The molecule has 3 heterocycles. The second-order valence-corrected chi connectivity index (χ2v) is 17.3. The van der Waals surface area contributed by atoms with Gasteiger partial charge in [0.1, 0.15) is 0 Å². The lowest BCUT2D eigenvalue weighted by molar-refractivity contribution is 0.0591. The first-order valence-electron chi connectivity index (χ1n) is 19.3. The minimum atomic E-state index is -0.324. The molecule has 0 aromatic carbocycles. The number of esters is 3. The second-order valence-electron chi connectivity index (χ2n) is 14.7. The van der Waals surface area contributed by atoms with Crippen LogP contribution >= 0.6 is 34.0 Å². The maximum Gasteiger partial charge on any atom is 0.339 e. The number of ether oxygens (including phenoxy) is 3. The minimum absolute atomic E-state index is 0.229. The molecule has 3 aromatic heterocycles. The number of rotatable bonds is 11. The molecule has 5 rings (SSSR count). The third-order valence-electron chi connectivity index (χ3n) is 11.2. The van der Waals surface area contributed by atoms with Crippen molar-refractivity contribution in [1.29, 1.82) is 0 Å². The van der Waals surface area contributed by atoms with Gasteiger partial charge in [-0.05, 0) is 131 Å². The molecule has 0 radical (unpaired) electrons. The monoisotopic (exact) mass is 819 g/mol. The van der Waals surface area contributed by atoms with Crippen molar-refractivity contribution < 1.29 is 28.6 Å². The van der Waals surface area contributed by atoms with Crippen LogP contribution in [0, 0.1) is 20.8 Å². The predicted octanol–water partition coefficient (Wildman–Crippen LogP) is 8.51. The molecule has 0 spiro atoms. The Bertz CT molecular complexity index is 1580. The van der Waals surface area contributed by atoms with E-state index in [1.165, 1.54) is 94.0 Å². The van der Waals surface area contributed by atoms with Crippen molar-refractivity contribution in [3.05, 3.63) is 49.5 Å². The zero-order chi connectivity index (χ0) is 41.0. The molecule has 2 saturated carbocycles. The number of methoxy groups -OCH3 is 3. The number of carbonyl (C=O) groups excluding carboxylic acids is 3. The number of nitrogens with two attached hydrogens (primary N) is 1. The minimum Gasteiger partial charge on any atom is -0.465 e. The standard InChI is InChI=1S/2C17H28N2O2S.C7H9NO2S/c2*1-6-19(14-9-7-13(8-10-14)18(3)4)16-12(2)15(11-22-16)17(20)21-5;1-4-5(7(9)10-2)3-11-6(4)8/h2*11,13-14H,6-10H2,1-5H3;3H,8H2,1-2H3. The molecule has 308 valence electrons. The Kier molecular flexibility index (Phi) is 18.4. The average molecular weight is 820 g/mol. The van der Waals surface area contributed by atoms with Gasteiger partial charge in [0.25, 0.3) is 0 Å². The summed E-state index contributed by atoms with van der Waals surface area (Å²) >= 11 is 4.69. The molecule has 0 amide bonds. The molecular weight excluding hydrogens is 755 g/mol. The summed E-state index contributed by atoms with van der Waals surface area (Å²) in [6.45, 7) is 12.2. The predicted molar refractivity (Wildman–Crippen MR) is 231 cm³/mol. The molecule has 0 bridgehead atoms. The van der Waals surface area contributed by atoms with Crippen LogP contribution in [0.25, 0.3) is 0 Å². The summed E-state index contributed by atoms with van der Waals surface area (Å²) < 4.78 is 14.3. The highest BCUT2D eigenvalue weighted by molar-refractivity contribution is 7.15. The van der Waals surface area contributed by atoms with Gasteiger partial charge in [-0.15, -0.1) is 34.0 Å². The first kappa shape index (κ1) is 46.2. The fraction of sp³-hybridized carbons (Fsp3) is 0.634. The van der Waals surface area contributed by atoms with Gasteiger partial charge in [-0.3, -0.25) is 0 Å². The van der Waals surface area contributed by atoms with Gasteiger partial charge in [0.2, 0.25) is 0 Å². The van der Waals surface area contributed by atoms with E-state index in [9.17, 15) is 14.4 Å². The largest absolute Gasteiger partial charge is 0.465 e. The van der Waals surface area contributed by atoms with Crippen LogP contribution in [0.1, 0.15) is 113 Å². The molecule has 2 fully saturated rings. The van der Waals surface area contributed by atoms with E-state index in [2.05, 4.69) is 66.4 Å². The third-order valence-corrected chi connectivity index (χ3v) is 14.3. The van der Waals surface area contributed by atoms with Crippen LogP contribution in [-0.2, 0) is 14.2 Å². The van der Waals surface area contributed by atoms with Gasteiger partial charge in [0, 0.05) is 53.4 Å². The van der Waals surface area contributed by atoms with Crippen molar-refractivity contribution in [1.82, 2.24) is 9.80 Å². The molecule has 3 aromatic rings. The summed E-state index contributed by atoms with van der Waals surface area (Å²) in [5.41, 5.74) is 10.5. The average Bonchev–Trinajstić information content (AvgIpc) is 3.87. The fourth-order valence-electron chi connectivity index (χ4n) is 7.65. The van der Waals surface area contributed by atoms with Crippen molar-refractivity contribution in [3.8, 4) is 0 Å². The van der Waals surface area contributed by atoms with E-state index in [0.29, 0.717) is 45.9 Å². The number of hydrogen-bond acceptors (Lipinski definition) is 14. The molecule has 11 nitrogen and oxygen atoms in total. The fourth-order valence-corrected chi connectivity index (χ4v) is 10.9. The molecule has 0 saturated heterocycles. The van der Waals surface area contributed by atoms with E-state index < -0.39 is 0 Å². The van der Waals surface area contributed by atoms with Gasteiger partial charge in [0.05, 0.1) is 53.0 Å². The van der Waals surface area contributed by atoms with Gasteiger partial charge >= 0.3 is 17.9 Å². The summed E-state index contributed by atoms with van der Waals surface area (Å²) in [6.07, 6.45) is 9.90. The third kappa shape index (κ3) is 11.7. The number of nitrogens with zero attached hydrogens (tertiary/aromatic N) is 4. The van der Waals surface area contributed by atoms with Crippen molar-refractivity contribution in [2.24, 2.45) is 0 Å². The van der Waals surface area contributed by atoms with E-state index in [1.54, 1.807) is 35.0 Å². The lowest BCUT2D eigenvalue weighted by Crippen LogP contribution is -2.42. The van der Waals surface area contributed by atoms with Gasteiger partial charge in [-0.1, -0.05) is 0 Å². The molecular formula is C41H65N5O6S3. The van der Waals surface area contributed by atoms with Crippen LogP contribution in [0.3, 0.4) is 0 Å². The number of thiophene rings is 3. The Morgan fingerprint density at radius 2 is 0.855 bits per heavy atom. The van der Waals surface area contributed by atoms with E-state index in [0.717, 1.165) is 29.8 Å². The quantitative estimate of drug-likeness (QED) is 0.148. The molecule has 55 heavy (non-hydrogen) atoms. The Hall–Kier alpha value is -3.17. The Morgan fingerprint density at radius 1 is 0.564 bits per heavy atom. The van der Waals surface area contributed by atoms with Gasteiger partial charge in [-0.2, -0.15) is 0 Å². The summed E-state index contributed by atoms with van der Waals surface area (Å²) in [4.78, 5) is 44.3. The Morgan fingerprint density at radius 3 is 1.11 bits per heavy atom. The van der Waals surface area contributed by atoms with Gasteiger partial charge < -0.3 is 39.5 Å². The van der Waals surface area contributed by atoms with Gasteiger partial charge in [-0.25, -0.2) is 14.4 Å². The van der Waals surface area contributed by atoms with Crippen LogP contribution in [-0.4, -0.2) is 114 Å². The smallest absolute Gasteiger partial charge is 0.339 e. The van der Waals surface area contributed by atoms with Crippen LogP contribution in [0.2, 0.25) is 0 Å². The molecule has 14 heteroatoms. The highest BCUT2D eigenvalue weighted by Gasteiger charge is 2.30. The summed E-state index contributed by atoms with van der Waals surface area (Å²) in [5.74, 6) is -0.782. The molecule has 0 unspecified atom stereocenters. The number of hydrogen-bond donors (Lipinski definition) is 1. The topological polar surface area (TPSA) is 118 Å². The summed E-state index contributed by atoms with van der Waals surface area (Å²) in [7, 11) is 12.9. The first-order chi connectivity index (χ1) is 26.1. The number of nitrogen functional groups attached to an aromatic ring is 1. The van der Waals surface area contributed by atoms with Crippen LogP contribution < -0.4 is 15.5 Å². The van der Waals surface area contributed by atoms with Crippen LogP contribution in [0.4, 0.5) is 15.0 Å². The normalized spacial score (nSPS) is 19.5. The van der Waals surface area contributed by atoms with Gasteiger partial charge in [0.15, 0.2) is 0 Å². The molecule has 2 N–H and O–H groups in total. The van der Waals surface area contributed by atoms with Crippen LogP contribution in [0.5, 0.6) is 0 Å². The maximum absolute atomic E-state index is 11.8. The lowest BCUT2D eigenvalue weighted by Gasteiger charge is -2.39. The summed E-state index contributed by atoms with van der Waals surface area (Å²) in [5, 5.41) is 8.71. The Balaban J connectivity index is 0.000000234. The van der Waals surface area contributed by atoms with Crippen molar-refractivity contribution in [2.75, 3.05) is 78.1 Å². The number of carbonyl (C=O) groups is 3.